The van der Waals surface area contributed by atoms with E-state index in [0.717, 1.165) is 12.0 Å². The molecule has 0 heterocycles. The van der Waals surface area contributed by atoms with Crippen LogP contribution in [0, 0.1) is 0 Å². The molecule has 0 aliphatic carbocycles. The number of carboxylic acids is 1. The highest BCUT2D eigenvalue weighted by atomic mass is 16.4. The van der Waals surface area contributed by atoms with Gasteiger partial charge in [-0.15, -0.1) is 0 Å². The van der Waals surface area contributed by atoms with Crippen LogP contribution in [0.25, 0.3) is 11.1 Å². The third-order valence-corrected chi connectivity index (χ3v) is 3.33. The maximum atomic E-state index is 11.3. The maximum absolute atomic E-state index is 11.3. The lowest BCUT2D eigenvalue weighted by Crippen LogP contribution is -2.06. The van der Waals surface area contributed by atoms with E-state index in [-0.39, 0.29) is 12.2 Å². The van der Waals surface area contributed by atoms with E-state index < -0.39 is 5.97 Å². The minimum atomic E-state index is -1.05. The van der Waals surface area contributed by atoms with Gasteiger partial charge in [0.15, 0.2) is 0 Å². The highest BCUT2D eigenvalue weighted by molar-refractivity contribution is 5.94. The van der Waals surface area contributed by atoms with E-state index in [1.54, 1.807) is 0 Å². The monoisotopic (exact) mass is 282 g/mol. The van der Waals surface area contributed by atoms with E-state index in [4.69, 9.17) is 5.11 Å². The fourth-order valence-corrected chi connectivity index (χ4v) is 2.24. The standard InChI is InChI=1S/C18H18O3/c19-17(13-18(20)21)8-4-5-14-9-11-16(12-10-14)15-6-2-1-3-7-15/h1-3,6-7,9-12H,4-5,8,13H2,(H,20,21). The van der Waals surface area contributed by atoms with Gasteiger partial charge in [0.2, 0.25) is 0 Å². The Bertz CT molecular complexity index is 600. The number of aliphatic carboxylic acids is 1. The van der Waals surface area contributed by atoms with Crippen molar-refractivity contribution in [3.63, 3.8) is 0 Å². The van der Waals surface area contributed by atoms with Crippen LogP contribution in [0.5, 0.6) is 0 Å². The van der Waals surface area contributed by atoms with Crippen molar-refractivity contribution in [2.24, 2.45) is 0 Å². The zero-order valence-electron chi connectivity index (χ0n) is 11.8. The molecule has 0 amide bonds. The molecule has 21 heavy (non-hydrogen) atoms. The molecular weight excluding hydrogens is 264 g/mol. The van der Waals surface area contributed by atoms with Gasteiger partial charge >= 0.3 is 5.97 Å². The summed E-state index contributed by atoms with van der Waals surface area (Å²) in [7, 11) is 0. The Kier molecular flexibility index (Phi) is 5.27. The normalized spacial score (nSPS) is 10.3. The zero-order valence-corrected chi connectivity index (χ0v) is 11.8. The van der Waals surface area contributed by atoms with Gasteiger partial charge in [-0.25, -0.2) is 0 Å². The molecule has 2 aromatic carbocycles. The molecule has 0 radical (unpaired) electrons. The van der Waals surface area contributed by atoms with E-state index in [0.29, 0.717) is 12.8 Å². The first kappa shape index (κ1) is 15.0. The molecule has 0 aliphatic heterocycles. The minimum Gasteiger partial charge on any atom is -0.481 e. The van der Waals surface area contributed by atoms with Crippen molar-refractivity contribution in [2.45, 2.75) is 25.7 Å². The van der Waals surface area contributed by atoms with Crippen LogP contribution in [0.1, 0.15) is 24.8 Å². The average Bonchev–Trinajstić information content (AvgIpc) is 2.48. The van der Waals surface area contributed by atoms with E-state index in [9.17, 15) is 9.59 Å². The number of hydrogen-bond acceptors (Lipinski definition) is 2. The van der Waals surface area contributed by atoms with E-state index in [1.807, 2.05) is 18.2 Å². The Morgan fingerprint density at radius 3 is 2.10 bits per heavy atom. The van der Waals surface area contributed by atoms with Gasteiger partial charge in [-0.2, -0.15) is 0 Å². The summed E-state index contributed by atoms with van der Waals surface area (Å²) in [5.41, 5.74) is 3.51. The first-order valence-electron chi connectivity index (χ1n) is 7.03. The van der Waals surface area contributed by atoms with Crippen molar-refractivity contribution in [3.8, 4) is 11.1 Å². The van der Waals surface area contributed by atoms with Crippen LogP contribution in [-0.2, 0) is 16.0 Å². The molecule has 0 aliphatic rings. The number of Topliss-reactive ketones (excluding diaryl/α,β-unsaturated/α-hetero) is 1. The average molecular weight is 282 g/mol. The number of aryl methyl sites for hydroxylation is 1. The number of ketones is 1. The molecular formula is C18H18O3. The third-order valence-electron chi connectivity index (χ3n) is 3.33. The molecule has 0 bridgehead atoms. The summed E-state index contributed by atoms with van der Waals surface area (Å²) >= 11 is 0. The molecule has 108 valence electrons. The van der Waals surface area contributed by atoms with Crippen LogP contribution < -0.4 is 0 Å². The van der Waals surface area contributed by atoms with Crippen molar-refractivity contribution in [2.75, 3.05) is 0 Å². The van der Waals surface area contributed by atoms with Crippen molar-refractivity contribution in [1.29, 1.82) is 0 Å². The molecule has 3 nitrogen and oxygen atoms in total. The summed E-state index contributed by atoms with van der Waals surface area (Å²) in [5, 5.41) is 8.52. The van der Waals surface area contributed by atoms with E-state index >= 15 is 0 Å². The maximum Gasteiger partial charge on any atom is 0.310 e. The highest BCUT2D eigenvalue weighted by Gasteiger charge is 2.07. The second-order valence-corrected chi connectivity index (χ2v) is 5.03. The summed E-state index contributed by atoms with van der Waals surface area (Å²) in [5.74, 6) is -1.25. The van der Waals surface area contributed by atoms with Gasteiger partial charge in [0.1, 0.15) is 12.2 Å². The van der Waals surface area contributed by atoms with E-state index in [2.05, 4.69) is 36.4 Å². The van der Waals surface area contributed by atoms with Crippen molar-refractivity contribution < 1.29 is 14.7 Å². The Morgan fingerprint density at radius 1 is 0.857 bits per heavy atom. The fraction of sp³-hybridized carbons (Fsp3) is 0.222. The van der Waals surface area contributed by atoms with Crippen molar-refractivity contribution >= 4 is 11.8 Å². The molecule has 0 fully saturated rings. The largest absolute Gasteiger partial charge is 0.481 e. The first-order valence-corrected chi connectivity index (χ1v) is 7.03. The summed E-state index contributed by atoms with van der Waals surface area (Å²) in [6.07, 6.45) is 1.44. The Morgan fingerprint density at radius 2 is 1.48 bits per heavy atom. The predicted octanol–water partition coefficient (Wildman–Crippen LogP) is 3.72. The number of rotatable bonds is 7. The van der Waals surface area contributed by atoms with Gasteiger partial charge < -0.3 is 5.11 Å². The topological polar surface area (TPSA) is 54.4 Å². The highest BCUT2D eigenvalue weighted by Crippen LogP contribution is 2.19. The lowest BCUT2D eigenvalue weighted by Gasteiger charge is -2.04. The number of benzene rings is 2. The molecule has 0 unspecified atom stereocenters. The zero-order chi connectivity index (χ0) is 15.1. The van der Waals surface area contributed by atoms with Crippen LogP contribution in [0.2, 0.25) is 0 Å². The fourth-order valence-electron chi connectivity index (χ4n) is 2.24. The number of carboxylic acid groups (broad SMARTS) is 1. The van der Waals surface area contributed by atoms with Crippen molar-refractivity contribution in [1.82, 2.24) is 0 Å². The second kappa shape index (κ2) is 7.39. The van der Waals surface area contributed by atoms with Gasteiger partial charge in [-0.1, -0.05) is 54.6 Å². The lowest BCUT2D eigenvalue weighted by atomic mass is 10.0. The van der Waals surface area contributed by atoms with Crippen LogP contribution in [0.3, 0.4) is 0 Å². The van der Waals surface area contributed by atoms with Crippen LogP contribution in [-0.4, -0.2) is 16.9 Å². The summed E-state index contributed by atoms with van der Waals surface area (Å²) < 4.78 is 0. The summed E-state index contributed by atoms with van der Waals surface area (Å²) in [6, 6.07) is 18.4. The molecule has 2 aromatic rings. The van der Waals surface area contributed by atoms with Gasteiger partial charge in [0.05, 0.1) is 0 Å². The Labute approximate surface area is 124 Å². The van der Waals surface area contributed by atoms with Crippen molar-refractivity contribution in [3.05, 3.63) is 60.2 Å². The number of hydrogen-bond donors (Lipinski definition) is 1. The van der Waals surface area contributed by atoms with Crippen LogP contribution in [0.15, 0.2) is 54.6 Å². The molecule has 2 rings (SSSR count). The SMILES string of the molecule is O=C(O)CC(=O)CCCc1ccc(-c2ccccc2)cc1. The summed E-state index contributed by atoms with van der Waals surface area (Å²) in [4.78, 5) is 21.7. The lowest BCUT2D eigenvalue weighted by molar-refractivity contribution is -0.140. The quantitative estimate of drug-likeness (QED) is 0.787. The third kappa shape index (κ3) is 4.88. The molecule has 0 aromatic heterocycles. The van der Waals surface area contributed by atoms with Gasteiger partial charge in [0.25, 0.3) is 0 Å². The molecule has 0 saturated carbocycles. The number of carbonyl (C=O) groups is 2. The Balaban J connectivity index is 1.86. The molecule has 1 N–H and O–H groups in total. The first-order chi connectivity index (χ1) is 10.1. The van der Waals surface area contributed by atoms with E-state index in [1.165, 1.54) is 11.1 Å². The number of carbonyl (C=O) groups excluding carboxylic acids is 1. The predicted molar refractivity (Wildman–Crippen MR) is 82.1 cm³/mol. The summed E-state index contributed by atoms with van der Waals surface area (Å²) in [6.45, 7) is 0. The molecule has 3 heteroatoms. The second-order valence-electron chi connectivity index (χ2n) is 5.03. The molecule has 0 saturated heterocycles. The molecule has 0 atom stereocenters. The van der Waals surface area contributed by atoms with Gasteiger partial charge in [-0.05, 0) is 29.5 Å². The van der Waals surface area contributed by atoms with Crippen LogP contribution in [0.4, 0.5) is 0 Å². The van der Waals surface area contributed by atoms with Gasteiger partial charge in [-0.3, -0.25) is 9.59 Å². The molecule has 0 spiro atoms. The van der Waals surface area contributed by atoms with Crippen LogP contribution >= 0.6 is 0 Å². The smallest absolute Gasteiger partial charge is 0.310 e. The van der Waals surface area contributed by atoms with Gasteiger partial charge in [0, 0.05) is 6.42 Å². The minimum absolute atomic E-state index is 0.205. The Hall–Kier alpha value is -2.42.